The van der Waals surface area contributed by atoms with Gasteiger partial charge >= 0.3 is 0 Å². The molecule has 7 nitrogen and oxygen atoms in total. The number of hydrogen-bond donors (Lipinski definition) is 1. The number of likely N-dealkylation sites (tertiary alicyclic amines) is 1. The van der Waals surface area contributed by atoms with Crippen molar-refractivity contribution in [3.05, 3.63) is 40.4 Å². The van der Waals surface area contributed by atoms with E-state index in [-0.39, 0.29) is 23.2 Å². The number of hydrogen-bond acceptors (Lipinski definition) is 6. The van der Waals surface area contributed by atoms with Crippen molar-refractivity contribution in [2.75, 3.05) is 49.9 Å². The minimum atomic E-state index is -0.158. The zero-order chi connectivity index (χ0) is 19.7. The van der Waals surface area contributed by atoms with Crippen LogP contribution in [0.15, 0.2) is 24.3 Å². The number of carbonyl (C=O) groups excluding carboxylic acids is 2. The lowest BCUT2D eigenvalue weighted by Crippen LogP contribution is -2.48. The van der Waals surface area contributed by atoms with E-state index in [2.05, 4.69) is 40.5 Å². The van der Waals surface area contributed by atoms with Crippen LogP contribution in [0.3, 0.4) is 0 Å². The van der Waals surface area contributed by atoms with Gasteiger partial charge in [0, 0.05) is 45.0 Å². The molecule has 8 heteroatoms. The minimum Gasteiger partial charge on any atom is -0.395 e. The summed E-state index contributed by atoms with van der Waals surface area (Å²) < 4.78 is 4.22. The molecule has 2 saturated heterocycles. The maximum absolute atomic E-state index is 12.9. The summed E-state index contributed by atoms with van der Waals surface area (Å²) in [6.07, 6.45) is 2.01. The van der Waals surface area contributed by atoms with Crippen molar-refractivity contribution in [3.63, 3.8) is 0 Å². The molecule has 2 fully saturated rings. The molecule has 0 spiro atoms. The second-order valence-corrected chi connectivity index (χ2v) is 8.16. The summed E-state index contributed by atoms with van der Waals surface area (Å²) in [4.78, 5) is 31.8. The molecule has 148 valence electrons. The number of carbonyl (C=O) groups is 2. The quantitative estimate of drug-likeness (QED) is 0.856. The molecule has 0 aliphatic carbocycles. The first-order valence-corrected chi connectivity index (χ1v) is 10.5. The third-order valence-electron chi connectivity index (χ3n) is 5.45. The Morgan fingerprint density at radius 3 is 2.36 bits per heavy atom. The fourth-order valence-corrected chi connectivity index (χ4v) is 4.57. The molecule has 1 aromatic carbocycles. The van der Waals surface area contributed by atoms with Crippen LogP contribution in [-0.4, -0.2) is 65.3 Å². The van der Waals surface area contributed by atoms with Crippen LogP contribution in [0.5, 0.6) is 0 Å². The fourth-order valence-electron chi connectivity index (χ4n) is 3.81. The molecule has 0 unspecified atom stereocenters. The summed E-state index contributed by atoms with van der Waals surface area (Å²) in [6, 6.07) is 8.40. The molecule has 28 heavy (non-hydrogen) atoms. The van der Waals surface area contributed by atoms with Crippen molar-refractivity contribution in [3.8, 4) is 0 Å². The molecule has 2 aromatic rings. The molecule has 1 aromatic heterocycles. The molecule has 2 N–H and O–H groups in total. The first-order valence-electron chi connectivity index (χ1n) is 9.70. The van der Waals surface area contributed by atoms with Crippen LogP contribution in [-0.2, 0) is 0 Å². The summed E-state index contributed by atoms with van der Waals surface area (Å²) in [7, 11) is 0. The number of anilines is 2. The molecule has 3 heterocycles. The monoisotopic (exact) mass is 399 g/mol. The predicted octanol–water partition coefficient (Wildman–Crippen LogP) is 2.23. The van der Waals surface area contributed by atoms with Gasteiger partial charge in [-0.05, 0) is 49.0 Å². The molecule has 4 rings (SSSR count). The number of piperazine rings is 1. The van der Waals surface area contributed by atoms with E-state index in [1.165, 1.54) is 11.3 Å². The van der Waals surface area contributed by atoms with Crippen LogP contribution in [0, 0.1) is 6.92 Å². The van der Waals surface area contributed by atoms with Crippen molar-refractivity contribution >= 4 is 34.7 Å². The SMILES string of the molecule is Cc1cccc(N2CCN(C(=O)c3snc(C(=O)N4CCCC4)c3N)CC2)c1. The molecule has 0 atom stereocenters. The predicted molar refractivity (Wildman–Crippen MR) is 111 cm³/mol. The number of nitrogens with two attached hydrogens (primary N) is 1. The summed E-state index contributed by atoms with van der Waals surface area (Å²) >= 11 is 1.04. The van der Waals surface area contributed by atoms with E-state index < -0.39 is 0 Å². The van der Waals surface area contributed by atoms with E-state index in [9.17, 15) is 9.59 Å². The zero-order valence-corrected chi connectivity index (χ0v) is 16.9. The Hall–Kier alpha value is -2.61. The highest BCUT2D eigenvalue weighted by atomic mass is 32.1. The maximum atomic E-state index is 12.9. The molecule has 2 aliphatic rings. The average molecular weight is 400 g/mol. The molecule has 0 bridgehead atoms. The van der Waals surface area contributed by atoms with E-state index in [1.807, 2.05) is 0 Å². The minimum absolute atomic E-state index is 0.126. The number of nitrogen functional groups attached to an aromatic ring is 1. The summed E-state index contributed by atoms with van der Waals surface area (Å²) in [6.45, 7) is 6.34. The number of nitrogens with zero attached hydrogens (tertiary/aromatic N) is 4. The van der Waals surface area contributed by atoms with Gasteiger partial charge in [0.15, 0.2) is 5.69 Å². The normalized spacial score (nSPS) is 17.2. The number of aromatic nitrogens is 1. The first-order chi connectivity index (χ1) is 13.5. The van der Waals surface area contributed by atoms with Crippen LogP contribution >= 0.6 is 11.5 Å². The Bertz CT molecular complexity index is 882. The molecular formula is C20H25N5O2S. The molecule has 2 aliphatic heterocycles. The second-order valence-electron chi connectivity index (χ2n) is 7.39. The van der Waals surface area contributed by atoms with E-state index in [0.29, 0.717) is 18.0 Å². The Kier molecular flexibility index (Phi) is 5.21. The van der Waals surface area contributed by atoms with Crippen molar-refractivity contribution < 1.29 is 9.59 Å². The van der Waals surface area contributed by atoms with Gasteiger partial charge in [-0.25, -0.2) is 0 Å². The number of amides is 2. The van der Waals surface area contributed by atoms with Crippen LogP contribution < -0.4 is 10.6 Å². The lowest BCUT2D eigenvalue weighted by atomic mass is 10.2. The molecule has 0 radical (unpaired) electrons. The lowest BCUT2D eigenvalue weighted by Gasteiger charge is -2.36. The van der Waals surface area contributed by atoms with Crippen LogP contribution in [0.25, 0.3) is 0 Å². The van der Waals surface area contributed by atoms with Gasteiger partial charge in [0.05, 0.1) is 5.69 Å². The van der Waals surface area contributed by atoms with E-state index in [4.69, 9.17) is 5.73 Å². The average Bonchev–Trinajstić information content (AvgIpc) is 3.37. The lowest BCUT2D eigenvalue weighted by molar-refractivity contribution is 0.0752. The fraction of sp³-hybridized carbons (Fsp3) is 0.450. The smallest absolute Gasteiger partial charge is 0.275 e. The number of benzene rings is 1. The molecule has 2 amide bonds. The van der Waals surface area contributed by atoms with Crippen molar-refractivity contribution in [1.29, 1.82) is 0 Å². The van der Waals surface area contributed by atoms with Gasteiger partial charge in [-0.15, -0.1) is 0 Å². The van der Waals surface area contributed by atoms with Gasteiger partial charge in [0.2, 0.25) is 0 Å². The third kappa shape index (κ3) is 3.56. The highest BCUT2D eigenvalue weighted by Crippen LogP contribution is 2.27. The largest absolute Gasteiger partial charge is 0.395 e. The summed E-state index contributed by atoms with van der Waals surface area (Å²) in [5, 5.41) is 0. The number of aryl methyl sites for hydroxylation is 1. The van der Waals surface area contributed by atoms with Crippen LogP contribution in [0.1, 0.15) is 38.6 Å². The summed E-state index contributed by atoms with van der Waals surface area (Å²) in [5.74, 6) is -0.283. The van der Waals surface area contributed by atoms with Crippen LogP contribution in [0.2, 0.25) is 0 Å². The highest BCUT2D eigenvalue weighted by Gasteiger charge is 2.30. The Morgan fingerprint density at radius 1 is 1.00 bits per heavy atom. The van der Waals surface area contributed by atoms with E-state index in [0.717, 1.165) is 50.6 Å². The van der Waals surface area contributed by atoms with Gasteiger partial charge in [-0.1, -0.05) is 12.1 Å². The zero-order valence-electron chi connectivity index (χ0n) is 16.1. The molecule has 0 saturated carbocycles. The van der Waals surface area contributed by atoms with Crippen molar-refractivity contribution in [1.82, 2.24) is 14.2 Å². The topological polar surface area (TPSA) is 82.8 Å². The second kappa shape index (κ2) is 7.79. The van der Waals surface area contributed by atoms with Crippen LogP contribution in [0.4, 0.5) is 11.4 Å². The van der Waals surface area contributed by atoms with E-state index in [1.54, 1.807) is 9.80 Å². The van der Waals surface area contributed by atoms with Gasteiger partial charge < -0.3 is 20.4 Å². The summed E-state index contributed by atoms with van der Waals surface area (Å²) in [5.41, 5.74) is 9.03. The van der Waals surface area contributed by atoms with Gasteiger partial charge in [0.25, 0.3) is 11.8 Å². The Morgan fingerprint density at radius 2 is 1.68 bits per heavy atom. The standard InChI is InChI=1S/C20H25N5O2S/c1-14-5-4-6-15(13-14)23-9-11-25(12-10-23)20(27)18-16(21)17(22-28-18)19(26)24-7-2-3-8-24/h4-6,13H,2-3,7-12,21H2,1H3. The van der Waals surface area contributed by atoms with Gasteiger partial charge in [-0.3, -0.25) is 9.59 Å². The van der Waals surface area contributed by atoms with Gasteiger partial charge in [-0.2, -0.15) is 4.37 Å². The van der Waals surface area contributed by atoms with E-state index >= 15 is 0 Å². The van der Waals surface area contributed by atoms with Crippen molar-refractivity contribution in [2.45, 2.75) is 19.8 Å². The highest BCUT2D eigenvalue weighted by molar-refractivity contribution is 7.09. The van der Waals surface area contributed by atoms with Crippen molar-refractivity contribution in [2.24, 2.45) is 0 Å². The third-order valence-corrected chi connectivity index (χ3v) is 6.30. The maximum Gasteiger partial charge on any atom is 0.275 e. The van der Waals surface area contributed by atoms with Gasteiger partial charge in [0.1, 0.15) is 4.88 Å². The Balaban J connectivity index is 1.42. The first kappa shape index (κ1) is 18.7. The Labute approximate surface area is 168 Å². The number of rotatable bonds is 3. The molecular weight excluding hydrogens is 374 g/mol.